The van der Waals surface area contributed by atoms with E-state index in [-0.39, 0.29) is 0 Å². The molecule has 0 bridgehead atoms. The SMILES string of the molecule is [C]1=C(C2CC2)C=CCN1. The number of dihydropyridines is 1. The molecule has 1 saturated carbocycles. The Labute approximate surface area is 55.5 Å². The van der Waals surface area contributed by atoms with Crippen LogP contribution in [0.15, 0.2) is 17.7 Å². The second kappa shape index (κ2) is 1.90. The molecule has 2 rings (SSSR count). The molecule has 0 aromatic carbocycles. The Kier molecular flexibility index (Phi) is 1.08. The van der Waals surface area contributed by atoms with Crippen molar-refractivity contribution < 1.29 is 0 Å². The van der Waals surface area contributed by atoms with Crippen LogP contribution in [-0.4, -0.2) is 6.54 Å². The van der Waals surface area contributed by atoms with Gasteiger partial charge in [0.15, 0.2) is 0 Å². The van der Waals surface area contributed by atoms with Gasteiger partial charge in [-0.1, -0.05) is 12.2 Å². The summed E-state index contributed by atoms with van der Waals surface area (Å²) in [6, 6.07) is 0. The summed E-state index contributed by atoms with van der Waals surface area (Å²) >= 11 is 0. The van der Waals surface area contributed by atoms with Crippen molar-refractivity contribution in [2.75, 3.05) is 6.54 Å². The zero-order valence-electron chi connectivity index (χ0n) is 5.35. The molecule has 0 amide bonds. The smallest absolute Gasteiger partial charge is 0.0616 e. The van der Waals surface area contributed by atoms with Gasteiger partial charge in [-0.15, -0.1) is 0 Å². The molecule has 2 aliphatic rings. The van der Waals surface area contributed by atoms with E-state index in [0.29, 0.717) is 0 Å². The molecule has 1 heteroatoms. The van der Waals surface area contributed by atoms with E-state index < -0.39 is 0 Å². The van der Waals surface area contributed by atoms with Crippen molar-refractivity contribution in [1.82, 2.24) is 5.32 Å². The fourth-order valence-electron chi connectivity index (χ4n) is 1.07. The Balaban J connectivity index is 2.08. The Hall–Kier alpha value is -0.720. The van der Waals surface area contributed by atoms with Crippen LogP contribution in [0.3, 0.4) is 0 Å². The van der Waals surface area contributed by atoms with Crippen LogP contribution in [0.25, 0.3) is 0 Å². The van der Waals surface area contributed by atoms with Crippen LogP contribution in [0.4, 0.5) is 0 Å². The summed E-state index contributed by atoms with van der Waals surface area (Å²) < 4.78 is 0. The topological polar surface area (TPSA) is 12.0 Å². The summed E-state index contributed by atoms with van der Waals surface area (Å²) in [6.45, 7) is 0.955. The summed E-state index contributed by atoms with van der Waals surface area (Å²) in [4.78, 5) is 0. The molecule has 1 radical (unpaired) electrons. The second-order valence-corrected chi connectivity index (χ2v) is 2.64. The van der Waals surface area contributed by atoms with Crippen molar-refractivity contribution in [3.8, 4) is 0 Å². The number of hydrogen-bond acceptors (Lipinski definition) is 1. The molecule has 1 nitrogen and oxygen atoms in total. The Morgan fingerprint density at radius 1 is 1.56 bits per heavy atom. The maximum Gasteiger partial charge on any atom is 0.0616 e. The molecule has 0 atom stereocenters. The lowest BCUT2D eigenvalue weighted by Gasteiger charge is -2.04. The predicted octanol–water partition coefficient (Wildman–Crippen LogP) is 1.24. The van der Waals surface area contributed by atoms with Gasteiger partial charge in [-0.05, 0) is 24.3 Å². The van der Waals surface area contributed by atoms with Crippen molar-refractivity contribution in [2.24, 2.45) is 5.92 Å². The second-order valence-electron chi connectivity index (χ2n) is 2.64. The first kappa shape index (κ1) is 5.10. The van der Waals surface area contributed by atoms with Gasteiger partial charge in [0.1, 0.15) is 0 Å². The Morgan fingerprint density at radius 3 is 3.00 bits per heavy atom. The highest BCUT2D eigenvalue weighted by molar-refractivity contribution is 5.24. The molecule has 0 aromatic heterocycles. The Morgan fingerprint density at radius 2 is 2.44 bits per heavy atom. The minimum Gasteiger partial charge on any atom is -0.380 e. The van der Waals surface area contributed by atoms with Gasteiger partial charge < -0.3 is 5.32 Å². The third-order valence-electron chi connectivity index (χ3n) is 1.77. The summed E-state index contributed by atoms with van der Waals surface area (Å²) in [6.07, 6.45) is 10.2. The van der Waals surface area contributed by atoms with Gasteiger partial charge in [0.2, 0.25) is 0 Å². The van der Waals surface area contributed by atoms with E-state index in [4.69, 9.17) is 0 Å². The van der Waals surface area contributed by atoms with Crippen molar-refractivity contribution in [3.63, 3.8) is 0 Å². The molecule has 0 saturated heterocycles. The van der Waals surface area contributed by atoms with Crippen molar-refractivity contribution in [3.05, 3.63) is 23.9 Å². The average Bonchev–Trinajstić information content (AvgIpc) is 2.71. The number of allylic oxidation sites excluding steroid dienone is 2. The summed E-state index contributed by atoms with van der Waals surface area (Å²) in [7, 11) is 0. The highest BCUT2D eigenvalue weighted by Crippen LogP contribution is 2.36. The third kappa shape index (κ3) is 0.995. The molecular formula is C8H10N. The number of rotatable bonds is 1. The first-order chi connectivity index (χ1) is 4.47. The van der Waals surface area contributed by atoms with Gasteiger partial charge in [0.25, 0.3) is 0 Å². The van der Waals surface area contributed by atoms with Crippen molar-refractivity contribution in [1.29, 1.82) is 0 Å². The van der Waals surface area contributed by atoms with Crippen LogP contribution in [-0.2, 0) is 0 Å². The lowest BCUT2D eigenvalue weighted by Crippen LogP contribution is -2.10. The first-order valence-corrected chi connectivity index (χ1v) is 3.49. The molecule has 1 fully saturated rings. The molecule has 1 aliphatic carbocycles. The first-order valence-electron chi connectivity index (χ1n) is 3.49. The van der Waals surface area contributed by atoms with Gasteiger partial charge in [0, 0.05) is 6.54 Å². The maximum absolute atomic E-state index is 3.16. The lowest BCUT2D eigenvalue weighted by molar-refractivity contribution is 0.880. The zero-order valence-corrected chi connectivity index (χ0v) is 5.35. The molecule has 47 valence electrons. The van der Waals surface area contributed by atoms with Gasteiger partial charge in [-0.2, -0.15) is 0 Å². The third-order valence-corrected chi connectivity index (χ3v) is 1.77. The minimum absolute atomic E-state index is 0.842. The zero-order chi connectivity index (χ0) is 6.10. The fourth-order valence-corrected chi connectivity index (χ4v) is 1.07. The minimum atomic E-state index is 0.842. The molecule has 0 spiro atoms. The molecule has 1 aliphatic heterocycles. The van der Waals surface area contributed by atoms with E-state index in [2.05, 4.69) is 23.7 Å². The van der Waals surface area contributed by atoms with E-state index in [1.165, 1.54) is 18.4 Å². The van der Waals surface area contributed by atoms with Crippen LogP contribution in [0.1, 0.15) is 12.8 Å². The summed E-state index contributed by atoms with van der Waals surface area (Å²) in [5.41, 5.74) is 1.38. The molecule has 0 aromatic rings. The van der Waals surface area contributed by atoms with E-state index >= 15 is 0 Å². The number of hydrogen-bond donors (Lipinski definition) is 1. The highest BCUT2D eigenvalue weighted by atomic mass is 14.8. The quantitative estimate of drug-likeness (QED) is 0.549. The molecular weight excluding hydrogens is 110 g/mol. The highest BCUT2D eigenvalue weighted by Gasteiger charge is 2.24. The molecule has 9 heavy (non-hydrogen) atoms. The lowest BCUT2D eigenvalue weighted by atomic mass is 10.1. The predicted molar refractivity (Wildman–Crippen MR) is 36.6 cm³/mol. The largest absolute Gasteiger partial charge is 0.380 e. The van der Waals surface area contributed by atoms with Crippen LogP contribution < -0.4 is 5.32 Å². The molecule has 1 N–H and O–H groups in total. The van der Waals surface area contributed by atoms with Crippen LogP contribution in [0.5, 0.6) is 0 Å². The van der Waals surface area contributed by atoms with Gasteiger partial charge >= 0.3 is 0 Å². The summed E-state index contributed by atoms with van der Waals surface area (Å²) in [5.74, 6) is 0.842. The normalized spacial score (nSPS) is 25.1. The van der Waals surface area contributed by atoms with Crippen LogP contribution in [0.2, 0.25) is 0 Å². The van der Waals surface area contributed by atoms with E-state index in [1.54, 1.807) is 0 Å². The van der Waals surface area contributed by atoms with Crippen molar-refractivity contribution >= 4 is 0 Å². The van der Waals surface area contributed by atoms with E-state index in [9.17, 15) is 0 Å². The monoisotopic (exact) mass is 120 g/mol. The van der Waals surface area contributed by atoms with Crippen LogP contribution in [0, 0.1) is 12.1 Å². The van der Waals surface area contributed by atoms with E-state index in [0.717, 1.165) is 12.5 Å². The van der Waals surface area contributed by atoms with Gasteiger partial charge in [0.05, 0.1) is 6.20 Å². The molecule has 1 heterocycles. The maximum atomic E-state index is 3.16. The number of nitrogens with one attached hydrogen (secondary N) is 1. The standard InChI is InChI=1S/C8H10N/c1-2-8(6-9-5-1)7-3-4-7/h1-2,7,9H,3-5H2. The van der Waals surface area contributed by atoms with Crippen LogP contribution >= 0.6 is 0 Å². The summed E-state index contributed by atoms with van der Waals surface area (Å²) in [5, 5.41) is 3.08. The van der Waals surface area contributed by atoms with Gasteiger partial charge in [-0.25, -0.2) is 0 Å². The van der Waals surface area contributed by atoms with Gasteiger partial charge in [-0.3, -0.25) is 0 Å². The average molecular weight is 120 g/mol. The molecule has 0 unspecified atom stereocenters. The van der Waals surface area contributed by atoms with Crippen molar-refractivity contribution in [2.45, 2.75) is 12.8 Å². The van der Waals surface area contributed by atoms with E-state index in [1.807, 2.05) is 0 Å². The fraction of sp³-hybridized carbons (Fsp3) is 0.500. The Bertz CT molecular complexity index is 163.